The first-order valence-corrected chi connectivity index (χ1v) is 5.16. The van der Waals surface area contributed by atoms with Gasteiger partial charge in [-0.1, -0.05) is 6.07 Å². The van der Waals surface area contributed by atoms with Crippen molar-refractivity contribution in [3.8, 4) is 17.2 Å². The molecule has 1 aromatic rings. The molecule has 84 valence electrons. The number of rotatable bonds is 4. The largest absolute Gasteiger partial charge is 0.504 e. The second kappa shape index (κ2) is 4.91. The highest BCUT2D eigenvalue weighted by molar-refractivity contribution is 5.50. The van der Waals surface area contributed by atoms with Crippen molar-refractivity contribution in [2.75, 3.05) is 0 Å². The second-order valence-corrected chi connectivity index (χ2v) is 3.94. The van der Waals surface area contributed by atoms with Gasteiger partial charge in [0.25, 0.3) is 0 Å². The van der Waals surface area contributed by atoms with Gasteiger partial charge in [0.1, 0.15) is 0 Å². The molecule has 0 aromatic heterocycles. The molecule has 0 radical (unpaired) electrons. The minimum absolute atomic E-state index is 0.00723. The van der Waals surface area contributed by atoms with Gasteiger partial charge >= 0.3 is 0 Å². The molecule has 1 N–H and O–H groups in total. The maximum atomic E-state index is 9.65. The van der Waals surface area contributed by atoms with E-state index < -0.39 is 0 Å². The summed E-state index contributed by atoms with van der Waals surface area (Å²) >= 11 is 0. The third kappa shape index (κ3) is 3.35. The summed E-state index contributed by atoms with van der Waals surface area (Å²) in [6.07, 6.45) is 0.0640. The van der Waals surface area contributed by atoms with Crippen molar-refractivity contribution in [2.24, 2.45) is 0 Å². The SMILES string of the molecule is CC(C)Oc1cccc(O)c1OC(C)C. The van der Waals surface area contributed by atoms with Gasteiger partial charge in [0.15, 0.2) is 11.5 Å². The van der Waals surface area contributed by atoms with Crippen LogP contribution in [-0.4, -0.2) is 17.3 Å². The average molecular weight is 210 g/mol. The maximum absolute atomic E-state index is 9.65. The lowest BCUT2D eigenvalue weighted by Gasteiger charge is -2.17. The number of aromatic hydroxyl groups is 1. The van der Waals surface area contributed by atoms with Crippen molar-refractivity contribution >= 4 is 0 Å². The van der Waals surface area contributed by atoms with Crippen molar-refractivity contribution in [2.45, 2.75) is 39.9 Å². The summed E-state index contributed by atoms with van der Waals surface area (Å²) in [7, 11) is 0. The van der Waals surface area contributed by atoms with Gasteiger partial charge in [-0.2, -0.15) is 0 Å². The molecule has 15 heavy (non-hydrogen) atoms. The van der Waals surface area contributed by atoms with Gasteiger partial charge in [-0.3, -0.25) is 0 Å². The van der Waals surface area contributed by atoms with Crippen LogP contribution in [0.25, 0.3) is 0 Å². The number of para-hydroxylation sites is 1. The lowest BCUT2D eigenvalue weighted by molar-refractivity contribution is 0.192. The minimum atomic E-state index is 0.00723. The standard InChI is InChI=1S/C12H18O3/c1-8(2)14-11-7-5-6-10(13)12(11)15-9(3)4/h5-9,13H,1-4H3. The monoisotopic (exact) mass is 210 g/mol. The normalized spacial score (nSPS) is 10.8. The van der Waals surface area contributed by atoms with E-state index in [9.17, 15) is 5.11 Å². The smallest absolute Gasteiger partial charge is 0.203 e. The molecule has 3 heteroatoms. The molecule has 0 amide bonds. The van der Waals surface area contributed by atoms with Gasteiger partial charge in [0, 0.05) is 0 Å². The highest BCUT2D eigenvalue weighted by Crippen LogP contribution is 2.37. The van der Waals surface area contributed by atoms with E-state index in [1.165, 1.54) is 0 Å². The summed E-state index contributed by atoms with van der Waals surface area (Å²) in [5, 5.41) is 9.65. The van der Waals surface area contributed by atoms with Crippen LogP contribution in [0.5, 0.6) is 17.2 Å². The molecule has 3 nitrogen and oxygen atoms in total. The van der Waals surface area contributed by atoms with Gasteiger partial charge < -0.3 is 14.6 Å². The molecule has 0 fully saturated rings. The molecule has 0 atom stereocenters. The molecule has 0 aliphatic rings. The predicted molar refractivity (Wildman–Crippen MR) is 59.6 cm³/mol. The highest BCUT2D eigenvalue weighted by atomic mass is 16.5. The molecular formula is C12H18O3. The van der Waals surface area contributed by atoms with Crippen molar-refractivity contribution in [3.05, 3.63) is 18.2 Å². The Labute approximate surface area is 90.6 Å². The zero-order valence-corrected chi connectivity index (χ0v) is 9.65. The van der Waals surface area contributed by atoms with Crippen LogP contribution in [0.1, 0.15) is 27.7 Å². The van der Waals surface area contributed by atoms with Crippen molar-refractivity contribution in [3.63, 3.8) is 0 Å². The maximum Gasteiger partial charge on any atom is 0.203 e. The fourth-order valence-electron chi connectivity index (χ4n) is 1.21. The molecule has 0 aliphatic carbocycles. The predicted octanol–water partition coefficient (Wildman–Crippen LogP) is 2.97. The third-order valence-corrected chi connectivity index (χ3v) is 1.67. The summed E-state index contributed by atoms with van der Waals surface area (Å²) in [5.41, 5.74) is 0. The number of benzene rings is 1. The fourth-order valence-corrected chi connectivity index (χ4v) is 1.21. The Morgan fingerprint density at radius 3 is 2.13 bits per heavy atom. The fraction of sp³-hybridized carbons (Fsp3) is 0.500. The van der Waals surface area contributed by atoms with Crippen LogP contribution < -0.4 is 9.47 Å². The van der Waals surface area contributed by atoms with Crippen LogP contribution in [0, 0.1) is 0 Å². The molecule has 0 bridgehead atoms. The van der Waals surface area contributed by atoms with E-state index in [4.69, 9.17) is 9.47 Å². The van der Waals surface area contributed by atoms with Crippen LogP contribution in [0.3, 0.4) is 0 Å². The first kappa shape index (κ1) is 11.7. The lowest BCUT2D eigenvalue weighted by atomic mass is 10.3. The number of hydrogen-bond acceptors (Lipinski definition) is 3. The van der Waals surface area contributed by atoms with Crippen LogP contribution in [0.15, 0.2) is 18.2 Å². The Hall–Kier alpha value is -1.38. The zero-order valence-electron chi connectivity index (χ0n) is 9.65. The van der Waals surface area contributed by atoms with Crippen LogP contribution >= 0.6 is 0 Å². The lowest BCUT2D eigenvalue weighted by Crippen LogP contribution is -2.10. The van der Waals surface area contributed by atoms with Gasteiger partial charge in [-0.15, -0.1) is 0 Å². The summed E-state index contributed by atoms with van der Waals surface area (Å²) in [6.45, 7) is 7.68. The molecule has 0 aliphatic heterocycles. The molecule has 1 aromatic carbocycles. The number of phenols is 1. The summed E-state index contributed by atoms with van der Waals surface area (Å²) < 4.78 is 11.0. The van der Waals surface area contributed by atoms with Gasteiger partial charge in [0.2, 0.25) is 5.75 Å². The zero-order chi connectivity index (χ0) is 11.4. The van der Waals surface area contributed by atoms with Gasteiger partial charge in [-0.25, -0.2) is 0 Å². The quantitative estimate of drug-likeness (QED) is 0.830. The molecule has 0 spiro atoms. The Bertz CT molecular complexity index is 319. The Morgan fingerprint density at radius 2 is 1.60 bits per heavy atom. The van der Waals surface area contributed by atoms with E-state index in [2.05, 4.69) is 0 Å². The van der Waals surface area contributed by atoms with Crippen LogP contribution in [0.4, 0.5) is 0 Å². The van der Waals surface area contributed by atoms with E-state index >= 15 is 0 Å². The molecule has 0 saturated heterocycles. The van der Waals surface area contributed by atoms with Crippen LogP contribution in [0.2, 0.25) is 0 Å². The Balaban J connectivity index is 2.97. The minimum Gasteiger partial charge on any atom is -0.504 e. The van der Waals surface area contributed by atoms with Crippen molar-refractivity contribution < 1.29 is 14.6 Å². The second-order valence-electron chi connectivity index (χ2n) is 3.94. The summed E-state index contributed by atoms with van der Waals surface area (Å²) in [4.78, 5) is 0. The average Bonchev–Trinajstić information content (AvgIpc) is 2.09. The number of phenolic OH excluding ortho intramolecular Hbond substituents is 1. The molecule has 0 saturated carbocycles. The van der Waals surface area contributed by atoms with E-state index in [0.717, 1.165) is 0 Å². The highest BCUT2D eigenvalue weighted by Gasteiger charge is 2.12. The molecule has 0 heterocycles. The van der Waals surface area contributed by atoms with E-state index in [-0.39, 0.29) is 18.0 Å². The summed E-state index contributed by atoms with van der Waals surface area (Å²) in [5.74, 6) is 1.11. The Morgan fingerprint density at radius 1 is 1.00 bits per heavy atom. The van der Waals surface area contributed by atoms with Gasteiger partial charge in [-0.05, 0) is 39.8 Å². The van der Waals surface area contributed by atoms with Crippen LogP contribution in [-0.2, 0) is 0 Å². The van der Waals surface area contributed by atoms with E-state index in [1.807, 2.05) is 27.7 Å². The third-order valence-electron chi connectivity index (χ3n) is 1.67. The summed E-state index contributed by atoms with van der Waals surface area (Å²) in [6, 6.07) is 5.11. The molecule has 1 rings (SSSR count). The topological polar surface area (TPSA) is 38.7 Å². The number of hydrogen-bond donors (Lipinski definition) is 1. The molecule has 0 unspecified atom stereocenters. The van der Waals surface area contributed by atoms with Gasteiger partial charge in [0.05, 0.1) is 12.2 Å². The molecular weight excluding hydrogens is 192 g/mol. The number of ether oxygens (including phenoxy) is 2. The first-order valence-electron chi connectivity index (χ1n) is 5.16. The van der Waals surface area contributed by atoms with E-state index in [1.54, 1.807) is 18.2 Å². The van der Waals surface area contributed by atoms with E-state index in [0.29, 0.717) is 11.5 Å². The van der Waals surface area contributed by atoms with Crippen molar-refractivity contribution in [1.29, 1.82) is 0 Å². The van der Waals surface area contributed by atoms with Crippen molar-refractivity contribution in [1.82, 2.24) is 0 Å². The Kier molecular flexibility index (Phi) is 3.83. The first-order chi connectivity index (χ1) is 7.00.